The normalized spacial score (nSPS) is 29.0. The van der Waals surface area contributed by atoms with E-state index in [4.69, 9.17) is 0 Å². The van der Waals surface area contributed by atoms with Crippen molar-refractivity contribution >= 4 is 141 Å². The summed E-state index contributed by atoms with van der Waals surface area (Å²) in [6.07, 6.45) is 16.6. The largest absolute Gasteiger partial charge is 0.371 e. The van der Waals surface area contributed by atoms with Gasteiger partial charge in [0.2, 0.25) is 0 Å². The number of benzene rings is 10. The molecule has 11 saturated heterocycles. The van der Waals surface area contributed by atoms with E-state index in [0.717, 1.165) is 101 Å². The Balaban J connectivity index is 0.0000000885. The number of nitrogens with one attached hydrogen (secondary N) is 6. The smallest absolute Gasteiger partial charge is 0.0373 e. The van der Waals surface area contributed by atoms with E-state index >= 15 is 0 Å². The Kier molecular flexibility index (Phi) is 26.6. The topological polar surface area (TPSA) is 88.4 Å². The highest BCUT2D eigenvalue weighted by Crippen LogP contribution is 2.49. The van der Waals surface area contributed by atoms with Crippen LogP contribution in [0, 0.1) is 82.9 Å². The van der Waals surface area contributed by atoms with Crippen molar-refractivity contribution in [2.24, 2.45) is 82.9 Å². The van der Waals surface area contributed by atoms with Crippen molar-refractivity contribution in [3.8, 4) is 0 Å². The van der Waals surface area contributed by atoms with Crippen LogP contribution in [0.1, 0.15) is 111 Å². The van der Waals surface area contributed by atoms with Crippen molar-refractivity contribution in [3.63, 3.8) is 0 Å². The van der Waals surface area contributed by atoms with E-state index in [1.54, 1.807) is 16.7 Å². The van der Waals surface area contributed by atoms with Crippen LogP contribution >= 0.6 is 45.3 Å². The number of rotatable bonds is 7. The van der Waals surface area contributed by atoms with Crippen molar-refractivity contribution in [3.05, 3.63) is 263 Å². The summed E-state index contributed by atoms with van der Waals surface area (Å²) < 4.78 is 5.74. The van der Waals surface area contributed by atoms with Crippen LogP contribution in [0.5, 0.6) is 0 Å². The molecule has 14 aromatic rings. The van der Waals surface area contributed by atoms with Crippen molar-refractivity contribution in [1.82, 2.24) is 36.8 Å². The summed E-state index contributed by atoms with van der Waals surface area (Å²) in [5.41, 5.74) is 10.4. The Hall–Kier alpha value is -8.26. The van der Waals surface area contributed by atoms with Crippen LogP contribution in [0.3, 0.4) is 0 Å². The van der Waals surface area contributed by atoms with Gasteiger partial charge in [0.25, 0.3) is 0 Å². The Labute approximate surface area is 782 Å². The first-order valence-corrected chi connectivity index (χ1v) is 53.5. The maximum atomic E-state index is 3.57. The lowest BCUT2D eigenvalue weighted by molar-refractivity contribution is 0.387. The fraction of sp³-hybridized carbons (Fsp3) is 0.456. The number of fused-ring (bicyclic) bond motifs is 14. The van der Waals surface area contributed by atoms with Gasteiger partial charge in [-0.2, -0.15) is 0 Å². The predicted octanol–water partition coefficient (Wildman–Crippen LogP) is 23.6. The number of likely N-dealkylation sites (tertiary alicyclic amines) is 1. The Morgan fingerprint density at radius 1 is 0.240 bits per heavy atom. The molecule has 0 amide bonds. The lowest BCUT2D eigenvalue weighted by Crippen LogP contribution is -2.26. The van der Waals surface area contributed by atoms with Crippen LogP contribution < -0.4 is 51.5 Å². The van der Waals surface area contributed by atoms with Crippen LogP contribution in [0.15, 0.2) is 246 Å². The van der Waals surface area contributed by atoms with Gasteiger partial charge in [-0.3, -0.25) is 0 Å². The van der Waals surface area contributed by atoms with Gasteiger partial charge in [-0.1, -0.05) is 127 Å². The Bertz CT molecular complexity index is 6000. The highest BCUT2D eigenvalue weighted by molar-refractivity contribution is 7.18. The Morgan fingerprint density at radius 3 is 1.09 bits per heavy atom. The SMILES string of the molecule is CN1CC2CN(c3ccc4ccccc4c3)CC2C1.c1cc(C2CC3CNCC3C2)c2ccsc2c1.c1cc(C2CCC3CNCC3CC2)c2ccsc2c1.c1cc2cc(C3CC4CNCC4C3)ccc2s1.c1cc2cc(N3CCC4CNCC4CC3)ccc2s1.c1ccc2cc(N3CC4CCNCCC4C3)ccc2c1.c1ccc2cc(N3CC4CNCC4C3)ccc2c1. The second kappa shape index (κ2) is 39.9. The monoisotopic (exact) mass is 1790 g/mol. The van der Waals surface area contributed by atoms with Gasteiger partial charge in [0.15, 0.2) is 0 Å². The lowest BCUT2D eigenvalue weighted by Gasteiger charge is -2.23. The van der Waals surface area contributed by atoms with Crippen LogP contribution in [-0.4, -0.2) is 156 Å². The first-order valence-electron chi connectivity index (χ1n) is 50.0. The third kappa shape index (κ3) is 19.5. The number of hydrogen-bond donors (Lipinski definition) is 6. The third-order valence-corrected chi connectivity index (χ3v) is 37.1. The van der Waals surface area contributed by atoms with Gasteiger partial charge >= 0.3 is 0 Å². The summed E-state index contributed by atoms with van der Waals surface area (Å²) in [4.78, 5) is 12.8. The lowest BCUT2D eigenvalue weighted by atomic mass is 9.89. The highest BCUT2D eigenvalue weighted by atomic mass is 32.1. The van der Waals surface area contributed by atoms with E-state index in [9.17, 15) is 0 Å². The van der Waals surface area contributed by atoms with Crippen LogP contribution in [0.4, 0.5) is 22.7 Å². The van der Waals surface area contributed by atoms with Crippen molar-refractivity contribution in [2.75, 3.05) is 171 Å². The summed E-state index contributed by atoms with van der Waals surface area (Å²) in [7, 11) is 2.25. The van der Waals surface area contributed by atoms with Gasteiger partial charge < -0.3 is 56.4 Å². The molecule has 14 atom stereocenters. The van der Waals surface area contributed by atoms with E-state index < -0.39 is 0 Å². The van der Waals surface area contributed by atoms with Gasteiger partial charge in [-0.25, -0.2) is 0 Å². The van der Waals surface area contributed by atoms with Gasteiger partial charge in [-0.15, -0.1) is 45.3 Å². The first kappa shape index (κ1) is 86.2. The number of thiophene rings is 4. The predicted molar refractivity (Wildman–Crippen MR) is 555 cm³/mol. The molecule has 6 N–H and O–H groups in total. The first-order chi connectivity index (χ1) is 63.7. The molecule has 0 bridgehead atoms. The van der Waals surface area contributed by atoms with Gasteiger partial charge in [0.1, 0.15) is 0 Å². The maximum Gasteiger partial charge on any atom is 0.0373 e. The minimum absolute atomic E-state index is 0.795. The molecular formula is C114H135N11S4. The summed E-state index contributed by atoms with van der Waals surface area (Å²) in [5.74, 6) is 15.1. The van der Waals surface area contributed by atoms with Gasteiger partial charge in [0, 0.05) is 120 Å². The zero-order chi connectivity index (χ0) is 85.9. The molecular weight excluding hydrogens is 1650 g/mol. The van der Waals surface area contributed by atoms with Crippen LogP contribution in [0.25, 0.3) is 72.7 Å². The van der Waals surface area contributed by atoms with E-state index in [1.165, 1.54) is 316 Å². The minimum atomic E-state index is 0.795. The zero-order valence-corrected chi connectivity index (χ0v) is 79.2. The second-order valence-electron chi connectivity index (χ2n) is 41.3. The van der Waals surface area contributed by atoms with Crippen molar-refractivity contribution in [2.45, 2.75) is 94.8 Å². The summed E-state index contributed by atoms with van der Waals surface area (Å²) in [5, 5.41) is 44.0. The molecule has 11 aliphatic heterocycles. The van der Waals surface area contributed by atoms with Crippen molar-refractivity contribution in [1.29, 1.82) is 0 Å². The second-order valence-corrected chi connectivity index (χ2v) is 45.1. The standard InChI is InChI=1S/C18H22N2.C17H20N2.C17H21NS.C16H20N2S.C16H18N2.2C15H17NS/c1-2-4-15-11-18(6-5-14(15)3-1)20-12-16-7-9-19-10-8-17(16)13-20;1-18-9-15-11-19(12-16(15)10-18)17-7-6-13-4-2-3-5-14(13)8-17;1-2-15(16-8-9-19-17(16)3-1)12-4-6-13-10-18-11-14(13)7-5-12;1-2-16-12(5-8-19-16)9-15(1)18-6-3-13-10-17-11-14(13)4-7-18;1-2-4-13-7-16(6-5-12(13)3-1)18-10-14-8-17-9-15(14)11-18;1-2-15-11(3-4-17-15)5-10(1)12-6-13-8-16-9-14(13)7-12;1-2-13(14-4-5-17-15(14)3-1)10-6-11-8-16-9-12(11)7-10/h1-6,11,16-17,19H,7-10,12-13H2;2-8,15-16H,9-12H2,1H3;1-3,8-9,12-14,18H,4-7,10-11H2;1-2,5,8-9,13-14,17H,3-4,6-7,10-11H2;1-7,14-15,17H,8-11H2;1-5,12-14,16H,6-9H2;1-5,10-12,16H,6-9H2. The summed E-state index contributed by atoms with van der Waals surface area (Å²) >= 11 is 7.43. The molecule has 15 heterocycles. The van der Waals surface area contributed by atoms with Crippen LogP contribution in [0.2, 0.25) is 0 Å². The molecule has 3 saturated carbocycles. The van der Waals surface area contributed by atoms with E-state index in [-0.39, 0.29) is 0 Å². The molecule has 129 heavy (non-hydrogen) atoms. The molecule has 14 fully saturated rings. The average molecular weight is 1790 g/mol. The molecule has 0 radical (unpaired) electrons. The molecule has 15 heteroatoms. The Morgan fingerprint density at radius 2 is 0.605 bits per heavy atom. The van der Waals surface area contributed by atoms with E-state index in [2.05, 4.69) is 309 Å². The highest BCUT2D eigenvalue weighted by Gasteiger charge is 2.43. The molecule has 10 aromatic carbocycles. The number of hydrogen-bond acceptors (Lipinski definition) is 15. The van der Waals surface area contributed by atoms with Gasteiger partial charge in [-0.05, 0) is 439 Å². The van der Waals surface area contributed by atoms with Crippen molar-refractivity contribution < 1.29 is 0 Å². The molecule has 14 aliphatic rings. The number of anilines is 4. The van der Waals surface area contributed by atoms with Crippen LogP contribution in [-0.2, 0) is 0 Å². The molecule has 0 spiro atoms. The quantitative estimate of drug-likeness (QED) is 0.0923. The van der Waals surface area contributed by atoms with E-state index in [0.29, 0.717) is 0 Å². The van der Waals surface area contributed by atoms with Gasteiger partial charge in [0.05, 0.1) is 0 Å². The molecule has 670 valence electrons. The average Bonchev–Trinajstić information content (AvgIpc) is 1.63. The zero-order valence-electron chi connectivity index (χ0n) is 75.9. The summed E-state index contributed by atoms with van der Waals surface area (Å²) in [6.45, 7) is 27.2. The molecule has 4 aromatic heterocycles. The fourth-order valence-electron chi connectivity index (χ4n) is 26.3. The molecule has 11 nitrogen and oxygen atoms in total. The molecule has 14 unspecified atom stereocenters. The molecule has 28 rings (SSSR count). The van der Waals surface area contributed by atoms with E-state index in [1.807, 2.05) is 45.3 Å². The molecule has 3 aliphatic carbocycles. The fourth-order valence-corrected chi connectivity index (χ4v) is 29.5. The maximum absolute atomic E-state index is 3.57. The number of nitrogens with zero attached hydrogens (tertiary/aromatic N) is 5. The third-order valence-electron chi connectivity index (χ3n) is 33.6. The summed E-state index contributed by atoms with van der Waals surface area (Å²) in [6, 6.07) is 83.5. The minimum Gasteiger partial charge on any atom is -0.371 e.